The van der Waals surface area contributed by atoms with Gasteiger partial charge in [0.2, 0.25) is 10.6 Å². The second-order valence-electron chi connectivity index (χ2n) is 4.23. The summed E-state index contributed by atoms with van der Waals surface area (Å²) in [6.07, 6.45) is 0.997. The molecule has 1 saturated heterocycles. The molecule has 1 aliphatic heterocycles. The number of hydrogen-bond acceptors (Lipinski definition) is 7. The van der Waals surface area contributed by atoms with E-state index in [1.165, 1.54) is 22.2 Å². The molecular formula is C11H15ClN6O4. The third kappa shape index (κ3) is 4.32. The van der Waals surface area contributed by atoms with E-state index in [1.54, 1.807) is 6.92 Å². The molecule has 0 spiro atoms. The molecule has 0 aromatic carbocycles. The molecular weight excluding hydrogens is 316 g/mol. The summed E-state index contributed by atoms with van der Waals surface area (Å²) in [6.45, 7) is 3.43. The van der Waals surface area contributed by atoms with Crippen molar-refractivity contribution in [1.29, 1.82) is 0 Å². The first-order chi connectivity index (χ1) is 10.6. The Bertz CT molecular complexity index is 549. The molecule has 1 aliphatic rings. The van der Waals surface area contributed by atoms with Gasteiger partial charge in [0.05, 0.1) is 24.7 Å². The molecule has 1 fully saturated rings. The van der Waals surface area contributed by atoms with E-state index in [1.807, 2.05) is 0 Å². The first-order valence-electron chi connectivity index (χ1n) is 6.60. The number of amides is 1. The molecule has 1 aromatic heterocycles. The van der Waals surface area contributed by atoms with E-state index >= 15 is 0 Å². The van der Waals surface area contributed by atoms with Crippen molar-refractivity contribution in [3.8, 4) is 5.88 Å². The molecule has 120 valence electrons. The lowest BCUT2D eigenvalue weighted by molar-refractivity contribution is -0.708. The highest BCUT2D eigenvalue weighted by molar-refractivity contribution is 6.28. The van der Waals surface area contributed by atoms with Crippen LogP contribution in [0, 0.1) is 5.21 Å². The average Bonchev–Trinajstić information content (AvgIpc) is 2.53. The Hall–Kier alpha value is -2.36. The molecule has 1 aromatic rings. The number of carbonyl (C=O) groups excluding carboxylic acids is 1. The summed E-state index contributed by atoms with van der Waals surface area (Å²) >= 11 is 5.58. The number of aromatic nitrogens is 2. The van der Waals surface area contributed by atoms with Crippen LogP contribution in [0.5, 0.6) is 5.88 Å². The van der Waals surface area contributed by atoms with Gasteiger partial charge in [-0.05, 0) is 18.5 Å². The summed E-state index contributed by atoms with van der Waals surface area (Å²) < 4.78 is 4.90. The summed E-state index contributed by atoms with van der Waals surface area (Å²) in [4.78, 5) is 25.7. The fraction of sp³-hybridized carbons (Fsp3) is 0.545. The van der Waals surface area contributed by atoms with Crippen molar-refractivity contribution < 1.29 is 19.3 Å². The monoisotopic (exact) mass is 330 g/mol. The maximum atomic E-state index is 11.8. The van der Waals surface area contributed by atoms with Crippen molar-refractivity contribution in [1.82, 2.24) is 19.9 Å². The van der Waals surface area contributed by atoms with Gasteiger partial charge in [-0.2, -0.15) is 4.98 Å². The highest BCUT2D eigenvalue weighted by Gasteiger charge is 2.26. The summed E-state index contributed by atoms with van der Waals surface area (Å²) in [5.41, 5.74) is 0. The molecule has 1 amide bonds. The Morgan fingerprint density at radius 1 is 1.50 bits per heavy atom. The van der Waals surface area contributed by atoms with Crippen LogP contribution in [0.1, 0.15) is 6.92 Å². The van der Waals surface area contributed by atoms with Crippen LogP contribution in [0.3, 0.4) is 0 Å². The van der Waals surface area contributed by atoms with Gasteiger partial charge in [0, 0.05) is 25.4 Å². The van der Waals surface area contributed by atoms with Crippen LogP contribution in [0.4, 0.5) is 4.79 Å². The van der Waals surface area contributed by atoms with Crippen molar-refractivity contribution in [2.75, 3.05) is 32.8 Å². The second-order valence-corrected chi connectivity index (χ2v) is 4.57. The molecule has 22 heavy (non-hydrogen) atoms. The van der Waals surface area contributed by atoms with Crippen molar-refractivity contribution in [3.63, 3.8) is 0 Å². The first kappa shape index (κ1) is 16.0. The van der Waals surface area contributed by atoms with Crippen molar-refractivity contribution >= 4 is 17.7 Å². The molecule has 0 atom stereocenters. The summed E-state index contributed by atoms with van der Waals surface area (Å²) in [5.74, 6) is 0.0611. The zero-order valence-corrected chi connectivity index (χ0v) is 12.6. The molecule has 0 N–H and O–H groups in total. The minimum atomic E-state index is -0.386. The molecule has 0 unspecified atom stereocenters. The van der Waals surface area contributed by atoms with Gasteiger partial charge in [0.1, 0.15) is 0 Å². The minimum absolute atomic E-state index is 0.00630. The molecule has 10 nitrogen and oxygen atoms in total. The van der Waals surface area contributed by atoms with E-state index in [4.69, 9.17) is 21.2 Å². The van der Waals surface area contributed by atoms with Crippen LogP contribution >= 0.6 is 11.6 Å². The summed E-state index contributed by atoms with van der Waals surface area (Å²) in [7, 11) is 0. The molecule has 2 heterocycles. The van der Waals surface area contributed by atoms with Crippen molar-refractivity contribution in [3.05, 3.63) is 22.8 Å². The van der Waals surface area contributed by atoms with Gasteiger partial charge in [0.25, 0.3) is 5.88 Å². The van der Waals surface area contributed by atoms with Gasteiger partial charge in [-0.15, -0.1) is 5.01 Å². The highest BCUT2D eigenvalue weighted by Crippen LogP contribution is 2.09. The number of rotatable bonds is 4. The second kappa shape index (κ2) is 7.59. The summed E-state index contributed by atoms with van der Waals surface area (Å²) in [5, 5.41) is 16.6. The number of hydrazine groups is 1. The highest BCUT2D eigenvalue weighted by atomic mass is 35.5. The standard InChI is InChI=1S/C11H15ClN6O4/c1-2-21-11(19)16-5-7-17(8-6-16)18(20)15-22-9-3-4-13-10(12)14-9/h3-4H,2,5-8H2,1H3/b18-15-. The van der Waals surface area contributed by atoms with Gasteiger partial charge in [0.15, 0.2) is 0 Å². The zero-order chi connectivity index (χ0) is 15.9. The fourth-order valence-electron chi connectivity index (χ4n) is 1.76. The first-order valence-corrected chi connectivity index (χ1v) is 6.98. The van der Waals surface area contributed by atoms with Gasteiger partial charge in [-0.25, -0.2) is 9.78 Å². The summed E-state index contributed by atoms with van der Waals surface area (Å²) in [6, 6.07) is 1.42. The van der Waals surface area contributed by atoms with E-state index in [2.05, 4.69) is 15.2 Å². The molecule has 0 bridgehead atoms. The molecule has 0 saturated carbocycles. The Balaban J connectivity index is 1.85. The van der Waals surface area contributed by atoms with E-state index in [0.717, 1.165) is 0 Å². The quantitative estimate of drug-likeness (QED) is 0.352. The largest absolute Gasteiger partial charge is 0.569 e. The zero-order valence-electron chi connectivity index (χ0n) is 11.9. The van der Waals surface area contributed by atoms with Crippen LogP contribution in [0.2, 0.25) is 5.28 Å². The third-order valence-corrected chi connectivity index (χ3v) is 3.01. The van der Waals surface area contributed by atoms with Gasteiger partial charge < -0.3 is 14.8 Å². The lowest BCUT2D eigenvalue weighted by Gasteiger charge is -2.30. The predicted octanol–water partition coefficient (Wildman–Crippen LogP) is 1.08. The average molecular weight is 331 g/mol. The lowest BCUT2D eigenvalue weighted by Crippen LogP contribution is -2.50. The van der Waals surface area contributed by atoms with Crippen LogP contribution in [-0.2, 0) is 4.74 Å². The maximum Gasteiger partial charge on any atom is 0.409 e. The smallest absolute Gasteiger partial charge is 0.409 e. The van der Waals surface area contributed by atoms with Crippen molar-refractivity contribution in [2.24, 2.45) is 5.28 Å². The molecule has 11 heteroatoms. The normalized spacial score (nSPS) is 15.6. The van der Waals surface area contributed by atoms with E-state index in [9.17, 15) is 10.0 Å². The number of halogens is 1. The Labute approximate surface area is 131 Å². The SMILES string of the molecule is CCOC(=O)N1CCN(/[N+]([O-])=N/Oc2ccnc(Cl)n2)CC1. The topological polar surface area (TPSA) is 106 Å². The number of piperazine rings is 1. The van der Waals surface area contributed by atoms with Crippen LogP contribution in [-0.4, -0.2) is 63.7 Å². The molecule has 0 aliphatic carbocycles. The molecule has 0 radical (unpaired) electrons. The van der Waals surface area contributed by atoms with Gasteiger partial charge >= 0.3 is 6.09 Å². The van der Waals surface area contributed by atoms with Crippen LogP contribution in [0.15, 0.2) is 17.5 Å². The minimum Gasteiger partial charge on any atom is -0.569 e. The Morgan fingerprint density at radius 2 is 2.23 bits per heavy atom. The molecule has 2 rings (SSSR count). The fourth-order valence-corrected chi connectivity index (χ4v) is 1.90. The lowest BCUT2D eigenvalue weighted by atomic mass is 10.4. The number of ether oxygens (including phenoxy) is 1. The van der Waals surface area contributed by atoms with Crippen LogP contribution in [0.25, 0.3) is 0 Å². The third-order valence-electron chi connectivity index (χ3n) is 2.83. The van der Waals surface area contributed by atoms with Gasteiger partial charge in [-0.3, -0.25) is 4.84 Å². The van der Waals surface area contributed by atoms with Crippen LogP contribution < -0.4 is 4.84 Å². The number of carbonyl (C=O) groups is 1. The van der Waals surface area contributed by atoms with Crippen molar-refractivity contribution in [2.45, 2.75) is 6.92 Å². The number of nitrogens with zero attached hydrogens (tertiary/aromatic N) is 6. The predicted molar refractivity (Wildman–Crippen MR) is 73.9 cm³/mol. The van der Waals surface area contributed by atoms with E-state index in [0.29, 0.717) is 37.8 Å². The van der Waals surface area contributed by atoms with Gasteiger partial charge in [-0.1, -0.05) is 0 Å². The maximum absolute atomic E-state index is 11.8. The Kier molecular flexibility index (Phi) is 5.53. The number of hydrogen-bond donors (Lipinski definition) is 0. The van der Waals surface area contributed by atoms with E-state index in [-0.39, 0.29) is 17.3 Å². The van der Waals surface area contributed by atoms with E-state index < -0.39 is 0 Å². The Morgan fingerprint density at radius 3 is 2.86 bits per heavy atom.